The van der Waals surface area contributed by atoms with Gasteiger partial charge in [-0.1, -0.05) is 0 Å². The van der Waals surface area contributed by atoms with Crippen LogP contribution in [0.15, 0.2) is 18.2 Å². The van der Waals surface area contributed by atoms with Crippen molar-refractivity contribution >= 4 is 23.2 Å². The normalized spacial score (nSPS) is 18.3. The van der Waals surface area contributed by atoms with Crippen LogP contribution in [0.25, 0.3) is 0 Å². The third-order valence-corrected chi connectivity index (χ3v) is 4.17. The van der Waals surface area contributed by atoms with E-state index in [1.807, 2.05) is 0 Å². The van der Waals surface area contributed by atoms with Crippen molar-refractivity contribution in [3.05, 3.63) is 34.1 Å². The molecule has 2 N–H and O–H groups in total. The average molecular weight is 450 g/mol. The van der Waals surface area contributed by atoms with Crippen LogP contribution in [0.5, 0.6) is 5.75 Å². The second-order valence-corrected chi connectivity index (χ2v) is 6.72. The zero-order valence-corrected chi connectivity index (χ0v) is 15.7. The zero-order valence-electron chi connectivity index (χ0n) is 15.7. The van der Waals surface area contributed by atoms with E-state index in [9.17, 15) is 36.9 Å². The lowest BCUT2D eigenvalue weighted by Gasteiger charge is -2.28. The number of alkyl halides is 5. The quantitative estimate of drug-likeness (QED) is 0.393. The van der Waals surface area contributed by atoms with Gasteiger partial charge >= 0.3 is 6.18 Å². The fraction of sp³-hybridized carbons (Fsp3) is 0.438. The van der Waals surface area contributed by atoms with E-state index in [1.54, 1.807) is 6.92 Å². The first-order chi connectivity index (χ1) is 14.4. The number of hydrogen-bond donors (Lipinski definition) is 2. The van der Waals surface area contributed by atoms with Crippen LogP contribution >= 0.6 is 0 Å². The van der Waals surface area contributed by atoms with Crippen molar-refractivity contribution in [3.63, 3.8) is 0 Å². The first kappa shape index (κ1) is 22.2. The lowest BCUT2D eigenvalue weighted by molar-refractivity contribution is -0.384. The molecule has 0 saturated carbocycles. The lowest BCUT2D eigenvalue weighted by atomic mass is 10.1. The van der Waals surface area contributed by atoms with Crippen molar-refractivity contribution in [2.24, 2.45) is 0 Å². The molecule has 3 rings (SSSR count). The van der Waals surface area contributed by atoms with Gasteiger partial charge in [-0.2, -0.15) is 18.2 Å². The molecule has 0 aliphatic carbocycles. The van der Waals surface area contributed by atoms with Gasteiger partial charge < -0.3 is 15.4 Å². The third-order valence-electron chi connectivity index (χ3n) is 4.17. The Morgan fingerprint density at radius 3 is 2.74 bits per heavy atom. The molecule has 0 spiro atoms. The maximum absolute atomic E-state index is 13.3. The number of fused-ring (bicyclic) bond motifs is 1. The number of nitro groups is 1. The molecule has 2 aromatic rings. The minimum atomic E-state index is -4.68. The van der Waals surface area contributed by atoms with Gasteiger partial charge in [-0.3, -0.25) is 14.9 Å². The average Bonchev–Trinajstić information content (AvgIpc) is 3.08. The molecule has 0 saturated heterocycles. The van der Waals surface area contributed by atoms with Crippen molar-refractivity contribution in [1.82, 2.24) is 14.8 Å². The standard InChI is InChI=1S/C16H15F5N6O4/c1-7-2-11(12(17)18)26-15(22-7)24-13(25-26)14(28)23-8-3-9(27(29)30)5-10(4-8)31-6-16(19,20)21/h3-5,7,11-12H,2,6H2,1H3,(H,23,28)(H,22,24,25)/t7-,11-/m0/s1. The van der Waals surface area contributed by atoms with Gasteiger partial charge in [0.25, 0.3) is 18.0 Å². The van der Waals surface area contributed by atoms with Gasteiger partial charge in [0.05, 0.1) is 16.7 Å². The van der Waals surface area contributed by atoms with Crippen molar-refractivity contribution in [2.45, 2.75) is 38.0 Å². The molecule has 1 amide bonds. The predicted molar refractivity (Wildman–Crippen MR) is 95.4 cm³/mol. The van der Waals surface area contributed by atoms with E-state index < -0.39 is 53.3 Å². The van der Waals surface area contributed by atoms with Crippen LogP contribution in [0.3, 0.4) is 0 Å². The van der Waals surface area contributed by atoms with E-state index in [0.29, 0.717) is 0 Å². The molecule has 1 aliphatic rings. The van der Waals surface area contributed by atoms with Gasteiger partial charge in [-0.15, -0.1) is 5.10 Å². The van der Waals surface area contributed by atoms with Gasteiger partial charge in [-0.05, 0) is 13.3 Å². The monoisotopic (exact) mass is 450 g/mol. The Labute approximate surface area is 170 Å². The second-order valence-electron chi connectivity index (χ2n) is 6.72. The van der Waals surface area contributed by atoms with E-state index in [4.69, 9.17) is 0 Å². The summed E-state index contributed by atoms with van der Waals surface area (Å²) in [7, 11) is 0. The Hall–Kier alpha value is -3.52. The van der Waals surface area contributed by atoms with E-state index in [1.165, 1.54) is 0 Å². The molecule has 2 atom stereocenters. The predicted octanol–water partition coefficient (Wildman–Crippen LogP) is 3.39. The number of non-ortho nitro benzene ring substituents is 1. The highest BCUT2D eigenvalue weighted by Gasteiger charge is 2.34. The highest BCUT2D eigenvalue weighted by atomic mass is 19.4. The molecular formula is C16H15F5N6O4. The third kappa shape index (κ3) is 5.35. The maximum atomic E-state index is 13.3. The summed E-state index contributed by atoms with van der Waals surface area (Å²) in [6.45, 7) is -0.0470. The molecule has 0 unspecified atom stereocenters. The summed E-state index contributed by atoms with van der Waals surface area (Å²) in [6, 6.07) is 0.927. The van der Waals surface area contributed by atoms with Gasteiger partial charge in [0, 0.05) is 18.2 Å². The maximum Gasteiger partial charge on any atom is 0.422 e. The summed E-state index contributed by atoms with van der Waals surface area (Å²) < 4.78 is 69.0. The van der Waals surface area contributed by atoms with Gasteiger partial charge in [0.2, 0.25) is 11.8 Å². The van der Waals surface area contributed by atoms with E-state index in [-0.39, 0.29) is 24.1 Å². The minimum Gasteiger partial charge on any atom is -0.484 e. The largest absolute Gasteiger partial charge is 0.484 e. The number of rotatable bonds is 6. The fourth-order valence-electron chi connectivity index (χ4n) is 2.90. The van der Waals surface area contributed by atoms with Crippen LogP contribution in [-0.4, -0.2) is 50.8 Å². The number of carbonyl (C=O) groups excluding carboxylic acids is 1. The van der Waals surface area contributed by atoms with E-state index >= 15 is 0 Å². The first-order valence-electron chi connectivity index (χ1n) is 8.74. The van der Waals surface area contributed by atoms with Crippen molar-refractivity contribution in [2.75, 3.05) is 17.2 Å². The van der Waals surface area contributed by atoms with Crippen LogP contribution in [0.4, 0.5) is 39.3 Å². The Kier molecular flexibility index (Phi) is 5.94. The SMILES string of the molecule is C[C@H]1C[C@@H](C(F)F)n2nc(C(=O)Nc3cc(OCC(F)(F)F)cc([N+](=O)[O-])c3)nc2N1. The lowest BCUT2D eigenvalue weighted by Crippen LogP contribution is -2.33. The second kappa shape index (κ2) is 8.31. The first-order valence-corrected chi connectivity index (χ1v) is 8.74. The van der Waals surface area contributed by atoms with Crippen molar-refractivity contribution in [3.8, 4) is 5.75 Å². The summed E-state index contributed by atoms with van der Waals surface area (Å²) in [5, 5.41) is 19.8. The summed E-state index contributed by atoms with van der Waals surface area (Å²) in [5.74, 6) is -2.08. The molecule has 0 bridgehead atoms. The number of halogens is 5. The zero-order chi connectivity index (χ0) is 22.9. The van der Waals surface area contributed by atoms with Crippen molar-refractivity contribution in [1.29, 1.82) is 0 Å². The van der Waals surface area contributed by atoms with Gasteiger partial charge in [0.15, 0.2) is 6.61 Å². The molecule has 2 heterocycles. The molecule has 1 aliphatic heterocycles. The molecule has 1 aromatic carbocycles. The molecule has 1 aromatic heterocycles. The summed E-state index contributed by atoms with van der Waals surface area (Å²) >= 11 is 0. The van der Waals surface area contributed by atoms with Crippen LogP contribution < -0.4 is 15.4 Å². The van der Waals surface area contributed by atoms with Crippen LogP contribution in [0, 0.1) is 10.1 Å². The number of aromatic nitrogens is 3. The van der Waals surface area contributed by atoms with Crippen molar-refractivity contribution < 1.29 is 36.4 Å². The topological polar surface area (TPSA) is 124 Å². The van der Waals surface area contributed by atoms with E-state index in [2.05, 4.69) is 25.5 Å². The molecule has 31 heavy (non-hydrogen) atoms. The molecule has 15 heteroatoms. The van der Waals surface area contributed by atoms with E-state index in [0.717, 1.165) is 22.9 Å². The number of nitro benzene ring substituents is 1. The number of nitrogens with one attached hydrogen (secondary N) is 2. The van der Waals surface area contributed by atoms with Gasteiger partial charge in [0.1, 0.15) is 11.8 Å². The smallest absolute Gasteiger partial charge is 0.422 e. The van der Waals surface area contributed by atoms with Crippen LogP contribution in [0.2, 0.25) is 0 Å². The molecule has 168 valence electrons. The Bertz CT molecular complexity index is 995. The fourth-order valence-corrected chi connectivity index (χ4v) is 2.90. The minimum absolute atomic E-state index is 0.0415. The van der Waals surface area contributed by atoms with Gasteiger partial charge in [-0.25, -0.2) is 13.5 Å². The molecule has 0 fully saturated rings. The molecule has 0 radical (unpaired) electrons. The Morgan fingerprint density at radius 2 is 2.13 bits per heavy atom. The summed E-state index contributed by atoms with van der Waals surface area (Å²) in [4.78, 5) is 26.5. The number of benzene rings is 1. The van der Waals surface area contributed by atoms with Crippen LogP contribution in [0.1, 0.15) is 30.0 Å². The van der Waals surface area contributed by atoms with Crippen LogP contribution in [-0.2, 0) is 0 Å². The number of anilines is 2. The number of nitrogens with zero attached hydrogens (tertiary/aromatic N) is 4. The molecular weight excluding hydrogens is 435 g/mol. The summed E-state index contributed by atoms with van der Waals surface area (Å²) in [6.07, 6.45) is -7.40. The Morgan fingerprint density at radius 1 is 1.42 bits per heavy atom. The molecule has 10 nitrogen and oxygen atoms in total. The Balaban J connectivity index is 1.84. The summed E-state index contributed by atoms with van der Waals surface area (Å²) in [5.41, 5.74) is -0.906. The number of hydrogen-bond acceptors (Lipinski definition) is 7. The number of amides is 1. The highest BCUT2D eigenvalue weighted by molar-refractivity contribution is 6.02. The highest BCUT2D eigenvalue weighted by Crippen LogP contribution is 2.31. The number of carbonyl (C=O) groups is 1. The number of ether oxygens (including phenoxy) is 1.